The molecule has 1 saturated carbocycles. The number of benzene rings is 1. The molecule has 27 heavy (non-hydrogen) atoms. The highest BCUT2D eigenvalue weighted by Gasteiger charge is 2.24. The molecule has 1 aliphatic rings. The standard InChI is InChI=1S/C20H17FN4O2/c21-15-7-5-12(6-8-15)9-17-23-24-19(26-17)14-10-16-18(13-3-1-2-4-13)25-27-20(16)22-11-14/h5-8,10-11,13H,1-4,9H2. The first kappa shape index (κ1) is 16.1. The van der Waals surface area contributed by atoms with Crippen LogP contribution < -0.4 is 0 Å². The third kappa shape index (κ3) is 3.09. The summed E-state index contributed by atoms with van der Waals surface area (Å²) >= 11 is 0. The second-order valence-electron chi connectivity index (χ2n) is 6.93. The Morgan fingerprint density at radius 2 is 1.89 bits per heavy atom. The number of aromatic nitrogens is 4. The Balaban J connectivity index is 1.44. The van der Waals surface area contributed by atoms with E-state index in [0.717, 1.165) is 35.0 Å². The van der Waals surface area contributed by atoms with Crippen molar-refractivity contribution in [2.45, 2.75) is 38.0 Å². The smallest absolute Gasteiger partial charge is 0.257 e. The number of nitrogens with zero attached hydrogens (tertiary/aromatic N) is 4. The first-order valence-electron chi connectivity index (χ1n) is 9.09. The van der Waals surface area contributed by atoms with Crippen molar-refractivity contribution in [3.8, 4) is 11.5 Å². The van der Waals surface area contributed by atoms with E-state index in [4.69, 9.17) is 8.94 Å². The van der Waals surface area contributed by atoms with E-state index in [-0.39, 0.29) is 5.82 Å². The number of hydrogen-bond donors (Lipinski definition) is 0. The fourth-order valence-corrected chi connectivity index (χ4v) is 3.68. The van der Waals surface area contributed by atoms with Crippen molar-refractivity contribution >= 4 is 11.1 Å². The molecule has 6 nitrogen and oxygen atoms in total. The fourth-order valence-electron chi connectivity index (χ4n) is 3.68. The molecule has 3 heterocycles. The van der Waals surface area contributed by atoms with Gasteiger partial charge in [-0.25, -0.2) is 9.37 Å². The maximum Gasteiger partial charge on any atom is 0.257 e. The van der Waals surface area contributed by atoms with Crippen LogP contribution in [0.4, 0.5) is 4.39 Å². The zero-order valence-corrected chi connectivity index (χ0v) is 14.6. The lowest BCUT2D eigenvalue weighted by molar-refractivity contribution is 0.430. The first-order chi connectivity index (χ1) is 13.3. The zero-order chi connectivity index (χ0) is 18.2. The minimum atomic E-state index is -0.267. The van der Waals surface area contributed by atoms with E-state index in [1.54, 1.807) is 18.3 Å². The molecular formula is C20H17FN4O2. The SMILES string of the molecule is Fc1ccc(Cc2nnc(-c3cnc4onc(C5CCCC5)c4c3)o2)cc1. The predicted molar refractivity (Wildman–Crippen MR) is 95.5 cm³/mol. The number of fused-ring (bicyclic) bond motifs is 1. The van der Waals surface area contributed by atoms with E-state index in [0.29, 0.717) is 29.8 Å². The molecular weight excluding hydrogens is 347 g/mol. The highest BCUT2D eigenvalue weighted by Crippen LogP contribution is 2.37. The van der Waals surface area contributed by atoms with Crippen LogP contribution in [0.25, 0.3) is 22.6 Å². The molecule has 3 aromatic heterocycles. The molecule has 0 bridgehead atoms. The summed E-state index contributed by atoms with van der Waals surface area (Å²) < 4.78 is 24.2. The lowest BCUT2D eigenvalue weighted by Crippen LogP contribution is -1.93. The summed E-state index contributed by atoms with van der Waals surface area (Å²) in [5.41, 5.74) is 3.15. The zero-order valence-electron chi connectivity index (χ0n) is 14.6. The van der Waals surface area contributed by atoms with E-state index in [2.05, 4.69) is 20.3 Å². The number of rotatable bonds is 4. The summed E-state index contributed by atoms with van der Waals surface area (Å²) in [4.78, 5) is 4.35. The summed E-state index contributed by atoms with van der Waals surface area (Å²) in [6.07, 6.45) is 6.82. The van der Waals surface area contributed by atoms with Crippen LogP contribution in [0.1, 0.15) is 48.7 Å². The summed E-state index contributed by atoms with van der Waals surface area (Å²) in [5, 5.41) is 13.4. The van der Waals surface area contributed by atoms with Crippen LogP contribution in [-0.2, 0) is 6.42 Å². The van der Waals surface area contributed by atoms with E-state index in [1.807, 2.05) is 6.07 Å². The lowest BCUT2D eigenvalue weighted by Gasteiger charge is -2.03. The number of halogens is 1. The van der Waals surface area contributed by atoms with Gasteiger partial charge in [-0.1, -0.05) is 30.1 Å². The van der Waals surface area contributed by atoms with Gasteiger partial charge in [0.2, 0.25) is 11.8 Å². The first-order valence-corrected chi connectivity index (χ1v) is 9.09. The van der Waals surface area contributed by atoms with Gasteiger partial charge < -0.3 is 8.94 Å². The molecule has 0 amide bonds. The van der Waals surface area contributed by atoms with E-state index in [1.165, 1.54) is 25.0 Å². The van der Waals surface area contributed by atoms with Gasteiger partial charge in [-0.3, -0.25) is 0 Å². The molecule has 0 radical (unpaired) electrons. The van der Waals surface area contributed by atoms with Crippen molar-refractivity contribution in [2.24, 2.45) is 0 Å². The molecule has 1 aliphatic carbocycles. The second-order valence-corrected chi connectivity index (χ2v) is 6.93. The number of hydrogen-bond acceptors (Lipinski definition) is 6. The van der Waals surface area contributed by atoms with E-state index >= 15 is 0 Å². The van der Waals surface area contributed by atoms with Crippen LogP contribution in [0.3, 0.4) is 0 Å². The Labute approximate surface area is 154 Å². The molecule has 0 N–H and O–H groups in total. The van der Waals surface area contributed by atoms with Crippen molar-refractivity contribution in [1.82, 2.24) is 20.3 Å². The van der Waals surface area contributed by atoms with Gasteiger partial charge in [0, 0.05) is 12.1 Å². The van der Waals surface area contributed by atoms with Crippen molar-refractivity contribution in [1.29, 1.82) is 0 Å². The summed E-state index contributed by atoms with van der Waals surface area (Å²) in [6.45, 7) is 0. The van der Waals surface area contributed by atoms with Crippen molar-refractivity contribution in [3.63, 3.8) is 0 Å². The van der Waals surface area contributed by atoms with Crippen LogP contribution in [-0.4, -0.2) is 20.3 Å². The molecule has 0 atom stereocenters. The van der Waals surface area contributed by atoms with Crippen molar-refractivity contribution in [3.05, 3.63) is 59.5 Å². The van der Waals surface area contributed by atoms with Gasteiger partial charge in [-0.15, -0.1) is 10.2 Å². The molecule has 0 aliphatic heterocycles. The fraction of sp³-hybridized carbons (Fsp3) is 0.300. The maximum absolute atomic E-state index is 13.0. The number of pyridine rings is 1. The largest absolute Gasteiger partial charge is 0.420 e. The predicted octanol–water partition coefficient (Wildman–Crippen LogP) is 4.66. The van der Waals surface area contributed by atoms with Gasteiger partial charge >= 0.3 is 0 Å². The van der Waals surface area contributed by atoms with Crippen LogP contribution >= 0.6 is 0 Å². The van der Waals surface area contributed by atoms with Gasteiger partial charge in [0.1, 0.15) is 5.82 Å². The summed E-state index contributed by atoms with van der Waals surface area (Å²) in [6, 6.07) is 8.21. The Bertz CT molecular complexity index is 1080. The molecule has 0 unspecified atom stereocenters. The highest BCUT2D eigenvalue weighted by molar-refractivity contribution is 5.80. The molecule has 5 rings (SSSR count). The van der Waals surface area contributed by atoms with Gasteiger partial charge in [0.15, 0.2) is 0 Å². The van der Waals surface area contributed by atoms with Crippen molar-refractivity contribution in [2.75, 3.05) is 0 Å². The molecule has 4 aromatic rings. The van der Waals surface area contributed by atoms with E-state index in [9.17, 15) is 4.39 Å². The molecule has 136 valence electrons. The van der Waals surface area contributed by atoms with E-state index < -0.39 is 0 Å². The van der Waals surface area contributed by atoms with Crippen LogP contribution in [0.15, 0.2) is 45.5 Å². The summed E-state index contributed by atoms with van der Waals surface area (Å²) in [5.74, 6) is 1.04. The molecule has 1 fully saturated rings. The van der Waals surface area contributed by atoms with Gasteiger partial charge in [-0.2, -0.15) is 0 Å². The molecule has 7 heteroatoms. The van der Waals surface area contributed by atoms with Crippen LogP contribution in [0.2, 0.25) is 0 Å². The topological polar surface area (TPSA) is 77.8 Å². The molecule has 1 aromatic carbocycles. The Morgan fingerprint density at radius 3 is 2.70 bits per heavy atom. The van der Waals surface area contributed by atoms with Crippen LogP contribution in [0, 0.1) is 5.82 Å². The van der Waals surface area contributed by atoms with Gasteiger partial charge in [0.05, 0.1) is 23.1 Å². The molecule has 0 saturated heterocycles. The quantitative estimate of drug-likeness (QED) is 0.524. The average Bonchev–Trinajstić information content (AvgIpc) is 3.43. The normalized spacial score (nSPS) is 15.0. The minimum Gasteiger partial charge on any atom is -0.420 e. The highest BCUT2D eigenvalue weighted by atomic mass is 19.1. The third-order valence-corrected chi connectivity index (χ3v) is 5.08. The second kappa shape index (κ2) is 6.57. The molecule has 0 spiro atoms. The summed E-state index contributed by atoms with van der Waals surface area (Å²) in [7, 11) is 0. The maximum atomic E-state index is 13.0. The van der Waals surface area contributed by atoms with Gasteiger partial charge in [-0.05, 0) is 36.6 Å². The monoisotopic (exact) mass is 364 g/mol. The Morgan fingerprint density at radius 1 is 1.07 bits per heavy atom. The Hall–Kier alpha value is -3.09. The van der Waals surface area contributed by atoms with Crippen LogP contribution in [0.5, 0.6) is 0 Å². The third-order valence-electron chi connectivity index (χ3n) is 5.08. The Kier molecular flexibility index (Phi) is 3.92. The minimum absolute atomic E-state index is 0.267. The average molecular weight is 364 g/mol. The van der Waals surface area contributed by atoms with Crippen molar-refractivity contribution < 1.29 is 13.3 Å². The van der Waals surface area contributed by atoms with Gasteiger partial charge in [0.25, 0.3) is 5.71 Å². The lowest BCUT2D eigenvalue weighted by atomic mass is 10.0.